The van der Waals surface area contributed by atoms with Crippen molar-refractivity contribution in [1.82, 2.24) is 19.5 Å². The number of amides is 1. The molecule has 6 heteroatoms. The number of rotatable bonds is 2. The van der Waals surface area contributed by atoms with Gasteiger partial charge in [0.2, 0.25) is 5.91 Å². The summed E-state index contributed by atoms with van der Waals surface area (Å²) in [6.45, 7) is 2.45. The number of carbonyl (C=O) groups is 1. The fourth-order valence-electron chi connectivity index (χ4n) is 4.25. The molecular formula is C19H19N5O. The van der Waals surface area contributed by atoms with Gasteiger partial charge in [0, 0.05) is 25.5 Å². The van der Waals surface area contributed by atoms with E-state index in [2.05, 4.69) is 38.5 Å². The fourth-order valence-corrected chi connectivity index (χ4v) is 4.25. The second kappa shape index (κ2) is 5.39. The molecule has 5 rings (SSSR count). The van der Waals surface area contributed by atoms with E-state index < -0.39 is 5.41 Å². The van der Waals surface area contributed by atoms with Crippen molar-refractivity contribution >= 4 is 17.1 Å². The highest BCUT2D eigenvalue weighted by Crippen LogP contribution is 2.42. The zero-order valence-corrected chi connectivity index (χ0v) is 13.9. The third kappa shape index (κ3) is 2.17. The van der Waals surface area contributed by atoms with Crippen molar-refractivity contribution in [3.05, 3.63) is 60.2 Å². The molecule has 0 aliphatic carbocycles. The third-order valence-corrected chi connectivity index (χ3v) is 5.40. The highest BCUT2D eigenvalue weighted by molar-refractivity contribution is 6.05. The number of hydrogen-bond donors (Lipinski definition) is 1. The normalized spacial score (nSPS) is 23.1. The van der Waals surface area contributed by atoms with Crippen LogP contribution in [-0.4, -0.2) is 38.5 Å². The minimum atomic E-state index is -0.521. The second-order valence-electron chi connectivity index (χ2n) is 6.94. The summed E-state index contributed by atoms with van der Waals surface area (Å²) in [5, 5.41) is 7.44. The SMILES string of the molecule is O=C1Nc2cccnc2C12CCCN(Cc1cccc3ccnn13)C2. The number of nitrogens with zero attached hydrogens (tertiary/aromatic N) is 4. The lowest BCUT2D eigenvalue weighted by Gasteiger charge is -2.38. The standard InChI is InChI=1S/C19H19N5O/c25-18-19(17-16(22-18)6-2-9-20-17)8-3-11-23(13-19)12-15-5-1-4-14-7-10-21-24(14)15/h1-2,4-7,9-10H,3,8,11-13H2,(H,22,25). The van der Waals surface area contributed by atoms with Gasteiger partial charge < -0.3 is 5.32 Å². The lowest BCUT2D eigenvalue weighted by molar-refractivity contribution is -0.123. The maximum Gasteiger partial charge on any atom is 0.238 e. The summed E-state index contributed by atoms with van der Waals surface area (Å²) < 4.78 is 1.97. The first-order valence-corrected chi connectivity index (χ1v) is 8.67. The molecule has 1 amide bonds. The van der Waals surface area contributed by atoms with E-state index in [1.165, 1.54) is 0 Å². The fraction of sp³-hybridized carbons (Fsp3) is 0.316. The minimum Gasteiger partial charge on any atom is -0.324 e. The Morgan fingerprint density at radius 3 is 3.08 bits per heavy atom. The first kappa shape index (κ1) is 14.6. The van der Waals surface area contributed by atoms with Gasteiger partial charge in [0.05, 0.1) is 22.6 Å². The van der Waals surface area contributed by atoms with Crippen molar-refractivity contribution < 1.29 is 4.79 Å². The van der Waals surface area contributed by atoms with E-state index in [4.69, 9.17) is 0 Å². The van der Waals surface area contributed by atoms with Crippen molar-refractivity contribution in [2.75, 3.05) is 18.4 Å². The molecule has 3 aromatic rings. The molecule has 1 saturated heterocycles. The van der Waals surface area contributed by atoms with Crippen LogP contribution in [0.5, 0.6) is 0 Å². The Balaban J connectivity index is 1.47. The number of likely N-dealkylation sites (tertiary alicyclic amines) is 1. The summed E-state index contributed by atoms with van der Waals surface area (Å²) in [6, 6.07) is 12.0. The largest absolute Gasteiger partial charge is 0.324 e. The summed E-state index contributed by atoms with van der Waals surface area (Å²) in [6.07, 6.45) is 5.44. The molecule has 2 aliphatic heterocycles. The van der Waals surface area contributed by atoms with E-state index >= 15 is 0 Å². The average Bonchev–Trinajstić information content (AvgIpc) is 3.21. The first-order chi connectivity index (χ1) is 12.3. The van der Waals surface area contributed by atoms with Crippen LogP contribution in [0, 0.1) is 0 Å². The number of hydrogen-bond acceptors (Lipinski definition) is 4. The van der Waals surface area contributed by atoms with Crippen LogP contribution in [0.3, 0.4) is 0 Å². The summed E-state index contributed by atoms with van der Waals surface area (Å²) in [5.74, 6) is 0.0863. The van der Waals surface area contributed by atoms with Crippen LogP contribution >= 0.6 is 0 Å². The Bertz CT molecular complexity index is 965. The molecule has 25 heavy (non-hydrogen) atoms. The maximum absolute atomic E-state index is 12.8. The van der Waals surface area contributed by atoms with Gasteiger partial charge in [0.25, 0.3) is 0 Å². The lowest BCUT2D eigenvalue weighted by atomic mass is 9.77. The van der Waals surface area contributed by atoms with Crippen LogP contribution in [0.15, 0.2) is 48.8 Å². The van der Waals surface area contributed by atoms with Gasteiger partial charge in [0.15, 0.2) is 0 Å². The Kier molecular flexibility index (Phi) is 3.15. The molecule has 1 unspecified atom stereocenters. The number of aromatic nitrogens is 3. The molecule has 1 N–H and O–H groups in total. The van der Waals surface area contributed by atoms with Crippen molar-refractivity contribution in [1.29, 1.82) is 0 Å². The smallest absolute Gasteiger partial charge is 0.238 e. The van der Waals surface area contributed by atoms with Crippen LogP contribution in [0.1, 0.15) is 24.2 Å². The molecule has 5 heterocycles. The molecule has 3 aromatic heterocycles. The lowest BCUT2D eigenvalue weighted by Crippen LogP contribution is -2.50. The van der Waals surface area contributed by atoms with E-state index in [-0.39, 0.29) is 5.91 Å². The zero-order valence-electron chi connectivity index (χ0n) is 13.9. The number of fused-ring (bicyclic) bond motifs is 3. The third-order valence-electron chi connectivity index (χ3n) is 5.40. The topological polar surface area (TPSA) is 62.5 Å². The number of pyridine rings is 2. The molecule has 0 bridgehead atoms. The van der Waals surface area contributed by atoms with Crippen LogP contribution < -0.4 is 5.32 Å². The quantitative estimate of drug-likeness (QED) is 0.781. The second-order valence-corrected chi connectivity index (χ2v) is 6.94. The molecule has 6 nitrogen and oxygen atoms in total. The molecule has 1 atom stereocenters. The van der Waals surface area contributed by atoms with Gasteiger partial charge in [0.1, 0.15) is 5.41 Å². The minimum absolute atomic E-state index is 0.0863. The van der Waals surface area contributed by atoms with Crippen LogP contribution in [-0.2, 0) is 16.8 Å². The Hall–Kier alpha value is -2.73. The molecular weight excluding hydrogens is 314 g/mol. The molecule has 126 valence electrons. The van der Waals surface area contributed by atoms with E-state index in [1.807, 2.05) is 28.9 Å². The van der Waals surface area contributed by atoms with Crippen LogP contribution in [0.2, 0.25) is 0 Å². The number of nitrogens with one attached hydrogen (secondary N) is 1. The summed E-state index contributed by atoms with van der Waals surface area (Å²) in [4.78, 5) is 19.7. The van der Waals surface area contributed by atoms with Crippen LogP contribution in [0.25, 0.3) is 5.52 Å². The molecule has 1 fully saturated rings. The van der Waals surface area contributed by atoms with Crippen molar-refractivity contribution in [2.45, 2.75) is 24.8 Å². The van der Waals surface area contributed by atoms with E-state index in [0.29, 0.717) is 6.54 Å². The van der Waals surface area contributed by atoms with Gasteiger partial charge in [-0.15, -0.1) is 0 Å². The Morgan fingerprint density at radius 1 is 1.16 bits per heavy atom. The molecule has 1 spiro atoms. The van der Waals surface area contributed by atoms with E-state index in [0.717, 1.165) is 48.5 Å². The monoisotopic (exact) mass is 333 g/mol. The van der Waals surface area contributed by atoms with Gasteiger partial charge in [-0.25, -0.2) is 4.52 Å². The molecule has 0 radical (unpaired) electrons. The first-order valence-electron chi connectivity index (χ1n) is 8.67. The summed E-state index contributed by atoms with van der Waals surface area (Å²) >= 11 is 0. The average molecular weight is 333 g/mol. The van der Waals surface area contributed by atoms with Crippen LogP contribution in [0.4, 0.5) is 5.69 Å². The highest BCUT2D eigenvalue weighted by Gasteiger charge is 2.50. The van der Waals surface area contributed by atoms with Gasteiger partial charge >= 0.3 is 0 Å². The Labute approximate surface area is 145 Å². The molecule has 0 aromatic carbocycles. The molecule has 2 aliphatic rings. The number of piperidine rings is 1. The van der Waals surface area contributed by atoms with Crippen molar-refractivity contribution in [3.8, 4) is 0 Å². The zero-order chi connectivity index (χ0) is 16.9. The van der Waals surface area contributed by atoms with E-state index in [9.17, 15) is 4.79 Å². The number of carbonyl (C=O) groups excluding carboxylic acids is 1. The molecule has 0 saturated carbocycles. The van der Waals surface area contributed by atoms with Gasteiger partial charge in [-0.05, 0) is 49.7 Å². The predicted molar refractivity (Wildman–Crippen MR) is 94.2 cm³/mol. The number of anilines is 1. The van der Waals surface area contributed by atoms with Gasteiger partial charge in [-0.2, -0.15) is 5.10 Å². The van der Waals surface area contributed by atoms with Crippen molar-refractivity contribution in [2.24, 2.45) is 0 Å². The van der Waals surface area contributed by atoms with Gasteiger partial charge in [-0.1, -0.05) is 6.07 Å². The summed E-state index contributed by atoms with van der Waals surface area (Å²) in [5.41, 5.74) is 3.48. The Morgan fingerprint density at radius 2 is 2.12 bits per heavy atom. The predicted octanol–water partition coefficient (Wildman–Crippen LogP) is 2.22. The van der Waals surface area contributed by atoms with Crippen molar-refractivity contribution in [3.63, 3.8) is 0 Å². The highest BCUT2D eigenvalue weighted by atomic mass is 16.2. The van der Waals surface area contributed by atoms with E-state index in [1.54, 1.807) is 6.20 Å². The maximum atomic E-state index is 12.8. The van der Waals surface area contributed by atoms with Gasteiger partial charge in [-0.3, -0.25) is 14.7 Å². The summed E-state index contributed by atoms with van der Waals surface area (Å²) in [7, 11) is 0.